The van der Waals surface area contributed by atoms with Crippen LogP contribution in [0, 0.1) is 11.8 Å². The van der Waals surface area contributed by atoms with Crippen molar-refractivity contribution in [3.8, 4) is 0 Å². The molecule has 0 bridgehead atoms. The lowest BCUT2D eigenvalue weighted by Crippen LogP contribution is -2.41. The zero-order chi connectivity index (χ0) is 14.5. The van der Waals surface area contributed by atoms with E-state index in [1.807, 2.05) is 18.2 Å². The third-order valence-electron chi connectivity index (χ3n) is 4.33. The van der Waals surface area contributed by atoms with E-state index >= 15 is 0 Å². The zero-order valence-corrected chi connectivity index (χ0v) is 12.2. The molecule has 1 heterocycles. The van der Waals surface area contributed by atoms with Gasteiger partial charge in [-0.3, -0.25) is 4.79 Å². The molecule has 0 aromatic heterocycles. The van der Waals surface area contributed by atoms with E-state index in [4.69, 9.17) is 11.5 Å². The van der Waals surface area contributed by atoms with Crippen LogP contribution in [0.1, 0.15) is 31.4 Å². The Morgan fingerprint density at radius 2 is 1.90 bits per heavy atom. The highest BCUT2D eigenvalue weighted by atomic mass is 16.1. The molecule has 0 radical (unpaired) electrons. The van der Waals surface area contributed by atoms with E-state index in [1.165, 1.54) is 5.56 Å². The predicted octanol–water partition coefficient (Wildman–Crippen LogP) is 1.52. The molecule has 1 aliphatic heterocycles. The average Bonchev–Trinajstić information content (AvgIpc) is 2.48. The van der Waals surface area contributed by atoms with Gasteiger partial charge in [0, 0.05) is 18.5 Å². The van der Waals surface area contributed by atoms with Crippen molar-refractivity contribution in [3.63, 3.8) is 0 Å². The highest BCUT2D eigenvalue weighted by molar-refractivity contribution is 5.76. The highest BCUT2D eigenvalue weighted by Crippen LogP contribution is 2.23. The van der Waals surface area contributed by atoms with Crippen LogP contribution in [0.25, 0.3) is 0 Å². The number of hydrogen-bond donors (Lipinski definition) is 2. The van der Waals surface area contributed by atoms with Gasteiger partial charge < -0.3 is 16.4 Å². The Hall–Kier alpha value is -1.39. The summed E-state index contributed by atoms with van der Waals surface area (Å²) in [6, 6.07) is 10.3. The van der Waals surface area contributed by atoms with Crippen LogP contribution in [-0.4, -0.2) is 30.4 Å². The number of benzene rings is 1. The Labute approximate surface area is 121 Å². The lowest BCUT2D eigenvalue weighted by atomic mass is 9.92. The summed E-state index contributed by atoms with van der Waals surface area (Å²) in [6.45, 7) is 5.05. The van der Waals surface area contributed by atoms with Gasteiger partial charge in [-0.25, -0.2) is 0 Å². The van der Waals surface area contributed by atoms with Crippen molar-refractivity contribution < 1.29 is 4.79 Å². The number of likely N-dealkylation sites (tertiary alicyclic amines) is 1. The van der Waals surface area contributed by atoms with E-state index in [2.05, 4.69) is 24.0 Å². The summed E-state index contributed by atoms with van der Waals surface area (Å²) in [5.41, 5.74) is 12.9. The molecule has 0 aliphatic carbocycles. The number of piperidine rings is 1. The van der Waals surface area contributed by atoms with Crippen LogP contribution >= 0.6 is 0 Å². The van der Waals surface area contributed by atoms with Crippen molar-refractivity contribution in [1.82, 2.24) is 4.90 Å². The number of amides is 1. The number of nitrogens with zero attached hydrogens (tertiary/aromatic N) is 1. The van der Waals surface area contributed by atoms with Gasteiger partial charge >= 0.3 is 0 Å². The van der Waals surface area contributed by atoms with Crippen molar-refractivity contribution in [2.24, 2.45) is 23.3 Å². The molecule has 0 spiro atoms. The van der Waals surface area contributed by atoms with Gasteiger partial charge in [0.25, 0.3) is 0 Å². The highest BCUT2D eigenvalue weighted by Gasteiger charge is 2.25. The molecule has 1 saturated heterocycles. The fraction of sp³-hybridized carbons (Fsp3) is 0.562. The van der Waals surface area contributed by atoms with E-state index in [0.717, 1.165) is 32.5 Å². The first-order chi connectivity index (χ1) is 9.58. The Kier molecular flexibility index (Phi) is 5.15. The molecule has 1 aliphatic rings. The molecule has 0 unspecified atom stereocenters. The fourth-order valence-corrected chi connectivity index (χ4v) is 2.92. The van der Waals surface area contributed by atoms with Crippen LogP contribution in [0.2, 0.25) is 0 Å². The van der Waals surface area contributed by atoms with Crippen LogP contribution in [0.5, 0.6) is 0 Å². The number of primary amides is 1. The van der Waals surface area contributed by atoms with E-state index < -0.39 is 0 Å². The van der Waals surface area contributed by atoms with Gasteiger partial charge in [0.1, 0.15) is 0 Å². The number of nitrogens with two attached hydrogens (primary N) is 2. The molecular formula is C16H25N3O. The second-order valence-electron chi connectivity index (χ2n) is 5.89. The molecule has 1 fully saturated rings. The Morgan fingerprint density at radius 1 is 1.30 bits per heavy atom. The van der Waals surface area contributed by atoms with Crippen molar-refractivity contribution in [3.05, 3.63) is 35.9 Å². The van der Waals surface area contributed by atoms with Gasteiger partial charge in [-0.05, 0) is 37.4 Å². The van der Waals surface area contributed by atoms with Crippen molar-refractivity contribution >= 4 is 5.91 Å². The minimum absolute atomic E-state index is 0.0596. The summed E-state index contributed by atoms with van der Waals surface area (Å²) in [5, 5.41) is 0. The lowest BCUT2D eigenvalue weighted by molar-refractivity contribution is -0.123. The fourth-order valence-electron chi connectivity index (χ4n) is 2.92. The van der Waals surface area contributed by atoms with Crippen molar-refractivity contribution in [1.29, 1.82) is 0 Å². The first kappa shape index (κ1) is 15.0. The van der Waals surface area contributed by atoms with Crippen molar-refractivity contribution in [2.45, 2.75) is 25.8 Å². The summed E-state index contributed by atoms with van der Waals surface area (Å²) in [7, 11) is 0. The molecule has 1 aromatic carbocycles. The number of hydrogen-bond acceptors (Lipinski definition) is 3. The summed E-state index contributed by atoms with van der Waals surface area (Å²) in [5.74, 6) is 0.297. The van der Waals surface area contributed by atoms with Crippen LogP contribution in [0.3, 0.4) is 0 Å². The molecule has 20 heavy (non-hydrogen) atoms. The minimum atomic E-state index is -0.154. The summed E-state index contributed by atoms with van der Waals surface area (Å²) in [4.78, 5) is 13.6. The first-order valence-corrected chi connectivity index (χ1v) is 7.40. The van der Waals surface area contributed by atoms with E-state index in [0.29, 0.717) is 5.92 Å². The molecular weight excluding hydrogens is 250 g/mol. The summed E-state index contributed by atoms with van der Waals surface area (Å²) in [6.07, 6.45) is 1.76. The van der Waals surface area contributed by atoms with E-state index in [1.54, 1.807) is 0 Å². The standard InChI is InChI=1S/C16H25N3O/c1-12(15(17)13-5-3-2-4-6-13)11-19-9-7-14(8-10-19)16(18)20/h2-6,12,14-15H,7-11,17H2,1H3,(H2,18,20)/t12-,15+/m0/s1. The SMILES string of the molecule is C[C@@H](CN1CCC(C(N)=O)CC1)[C@@H](N)c1ccccc1. The van der Waals surface area contributed by atoms with E-state index in [9.17, 15) is 4.79 Å². The maximum Gasteiger partial charge on any atom is 0.220 e. The Morgan fingerprint density at radius 3 is 2.45 bits per heavy atom. The molecule has 2 rings (SSSR count). The van der Waals surface area contributed by atoms with Gasteiger partial charge in [0.15, 0.2) is 0 Å². The third-order valence-corrected chi connectivity index (χ3v) is 4.33. The van der Waals surface area contributed by atoms with Gasteiger partial charge in [-0.1, -0.05) is 37.3 Å². The molecule has 4 heteroatoms. The first-order valence-electron chi connectivity index (χ1n) is 7.40. The molecule has 1 amide bonds. The van der Waals surface area contributed by atoms with Gasteiger partial charge in [-0.15, -0.1) is 0 Å². The maximum absolute atomic E-state index is 11.2. The third kappa shape index (κ3) is 3.81. The quantitative estimate of drug-likeness (QED) is 0.855. The van der Waals surface area contributed by atoms with Crippen LogP contribution in [0.15, 0.2) is 30.3 Å². The van der Waals surface area contributed by atoms with Gasteiger partial charge in [0.2, 0.25) is 5.91 Å². The normalized spacial score (nSPS) is 20.5. The minimum Gasteiger partial charge on any atom is -0.369 e. The number of rotatable bonds is 5. The van der Waals surface area contributed by atoms with Crippen molar-refractivity contribution in [2.75, 3.05) is 19.6 Å². The molecule has 1 aromatic rings. The Bertz CT molecular complexity index is 427. The average molecular weight is 275 g/mol. The smallest absolute Gasteiger partial charge is 0.220 e. The molecule has 2 atom stereocenters. The zero-order valence-electron chi connectivity index (χ0n) is 12.2. The molecule has 4 N–H and O–H groups in total. The second-order valence-corrected chi connectivity index (χ2v) is 5.89. The number of carbonyl (C=O) groups is 1. The van der Waals surface area contributed by atoms with Crippen LogP contribution in [-0.2, 0) is 4.79 Å². The topological polar surface area (TPSA) is 72.3 Å². The summed E-state index contributed by atoms with van der Waals surface area (Å²) >= 11 is 0. The maximum atomic E-state index is 11.2. The molecule has 0 saturated carbocycles. The van der Waals surface area contributed by atoms with E-state index in [-0.39, 0.29) is 17.9 Å². The van der Waals surface area contributed by atoms with Crippen LogP contribution < -0.4 is 11.5 Å². The largest absolute Gasteiger partial charge is 0.369 e. The van der Waals surface area contributed by atoms with Crippen LogP contribution in [0.4, 0.5) is 0 Å². The van der Waals surface area contributed by atoms with Gasteiger partial charge in [0.05, 0.1) is 0 Å². The molecule has 110 valence electrons. The molecule has 4 nitrogen and oxygen atoms in total. The summed E-state index contributed by atoms with van der Waals surface area (Å²) < 4.78 is 0. The number of carbonyl (C=O) groups excluding carboxylic acids is 1. The second kappa shape index (κ2) is 6.86. The monoisotopic (exact) mass is 275 g/mol. The lowest BCUT2D eigenvalue weighted by Gasteiger charge is -2.33. The van der Waals surface area contributed by atoms with Gasteiger partial charge in [-0.2, -0.15) is 0 Å². The Balaban J connectivity index is 1.83. The predicted molar refractivity (Wildman–Crippen MR) is 80.9 cm³/mol.